The Balaban J connectivity index is 0.895. The molecule has 6 unspecified atom stereocenters. The van der Waals surface area contributed by atoms with Crippen molar-refractivity contribution in [3.63, 3.8) is 0 Å². The predicted molar refractivity (Wildman–Crippen MR) is 213 cm³/mol. The van der Waals surface area contributed by atoms with Crippen molar-refractivity contribution >= 4 is 23.0 Å². The fraction of sp³-hybridized carbons (Fsp3) is 0.391. The average Bonchev–Trinajstić information content (AvgIpc) is 4.05. The number of hydrogen-bond acceptors (Lipinski definition) is 6. The van der Waals surface area contributed by atoms with E-state index in [1.54, 1.807) is 23.5 Å². The number of fused-ring (bicyclic) bond motifs is 6. The fourth-order valence-corrected chi connectivity index (χ4v) is 10.8. The van der Waals surface area contributed by atoms with E-state index in [0.717, 1.165) is 53.8 Å². The van der Waals surface area contributed by atoms with Gasteiger partial charge in [0.1, 0.15) is 17.6 Å². The van der Waals surface area contributed by atoms with Gasteiger partial charge < -0.3 is 29.7 Å². The van der Waals surface area contributed by atoms with Gasteiger partial charge in [0.15, 0.2) is 0 Å². The van der Waals surface area contributed by atoms with Crippen LogP contribution in [0.2, 0.25) is 0 Å². The maximum Gasteiger partial charge on any atom is 0.412 e. The van der Waals surface area contributed by atoms with Crippen LogP contribution < -0.4 is 5.32 Å². The van der Waals surface area contributed by atoms with Crippen LogP contribution in [0.15, 0.2) is 79.0 Å². The number of aromatic amines is 2. The van der Waals surface area contributed by atoms with Gasteiger partial charge in [-0.2, -0.15) is 0 Å². The summed E-state index contributed by atoms with van der Waals surface area (Å²) < 4.78 is 12.0. The molecule has 3 N–H and O–H groups in total. The number of alkyl carbamates (subject to hydrolysis) is 1. The third-order valence-corrected chi connectivity index (χ3v) is 13.4. The van der Waals surface area contributed by atoms with Crippen LogP contribution >= 0.6 is 0 Å². The highest BCUT2D eigenvalue weighted by Crippen LogP contribution is 2.63. The normalized spacial score (nSPS) is 24.7. The molecular formula is C46H46N6O4. The van der Waals surface area contributed by atoms with Crippen molar-refractivity contribution in [1.29, 1.82) is 0 Å². The van der Waals surface area contributed by atoms with Gasteiger partial charge in [-0.25, -0.2) is 14.8 Å². The number of H-pyrrole nitrogens is 2. The third kappa shape index (κ3) is 5.32. The van der Waals surface area contributed by atoms with E-state index >= 15 is 0 Å². The van der Waals surface area contributed by atoms with E-state index in [1.165, 1.54) is 52.6 Å². The molecule has 10 nitrogen and oxygen atoms in total. The Labute approximate surface area is 325 Å². The quantitative estimate of drug-likeness (QED) is 0.145. The maximum atomic E-state index is 14.1. The van der Waals surface area contributed by atoms with Crippen molar-refractivity contribution in [2.24, 2.45) is 5.92 Å². The monoisotopic (exact) mass is 746 g/mol. The zero-order valence-electron chi connectivity index (χ0n) is 31.8. The lowest BCUT2D eigenvalue weighted by Gasteiger charge is -2.30. The molecule has 3 aliphatic heterocycles. The first kappa shape index (κ1) is 33.8. The lowest BCUT2D eigenvalue weighted by Crippen LogP contribution is -2.51. The molecule has 10 heteroatoms. The SMILES string of the molecule is CC(C)C(NC(=O)OC1=CC=CCC1)C(=O)N1CCCC1c1ncc(-c2ccc(-c3ccc(-c4ccc5nc[nH]c5c4)c4c3C3CCC4C3)c3c2C2CC3O2)[nH]1. The number of nitrogens with zero attached hydrogens (tertiary/aromatic N) is 3. The molecule has 2 aromatic heterocycles. The molecule has 12 rings (SSSR count). The van der Waals surface area contributed by atoms with Gasteiger partial charge in [-0.3, -0.25) is 4.79 Å². The summed E-state index contributed by atoms with van der Waals surface area (Å²) in [7, 11) is 0. The summed E-state index contributed by atoms with van der Waals surface area (Å²) >= 11 is 0. The molecule has 2 saturated heterocycles. The topological polar surface area (TPSA) is 125 Å². The number of imidazole rings is 2. The molecule has 4 aliphatic carbocycles. The number of nitrogens with one attached hydrogen (secondary N) is 3. The minimum absolute atomic E-state index is 0.0733. The molecule has 56 heavy (non-hydrogen) atoms. The maximum absolute atomic E-state index is 14.1. The van der Waals surface area contributed by atoms with Gasteiger partial charge in [-0.1, -0.05) is 56.3 Å². The standard InChI is InChI=1S/C46H46N6O4/c1-24(2)43(51-46(54)55-28-7-4-3-5-8-28)45(53)52-18-6-9-36(52)44-47-22-35(50-44)32-16-15-31(41-37-21-38(56-37)42(32)41)30-14-13-29(39-26-10-11-27(19-26)40(30)39)25-12-17-33-34(20-25)49-23-48-33/h3-4,7,12-17,20,22-24,26-27,36-38,43H,5-6,8-11,18-19,21H2,1-2H3,(H,47,50)(H,48,49)(H,51,54). The lowest BCUT2D eigenvalue weighted by molar-refractivity contribution is -0.135. The highest BCUT2D eigenvalue weighted by molar-refractivity contribution is 5.89. The number of carbonyl (C=O) groups excluding carboxylic acids is 2. The van der Waals surface area contributed by atoms with Crippen molar-refractivity contribution in [3.8, 4) is 33.5 Å². The van der Waals surface area contributed by atoms with Crippen molar-refractivity contribution in [3.05, 3.63) is 107 Å². The molecule has 3 aromatic carbocycles. The van der Waals surface area contributed by atoms with Crippen LogP contribution in [-0.2, 0) is 14.3 Å². The molecule has 0 spiro atoms. The van der Waals surface area contributed by atoms with E-state index < -0.39 is 12.1 Å². The molecule has 7 aliphatic rings. The van der Waals surface area contributed by atoms with Gasteiger partial charge in [0.25, 0.3) is 0 Å². The lowest BCUT2D eigenvalue weighted by atomic mass is 9.80. The van der Waals surface area contributed by atoms with Gasteiger partial charge in [-0.05, 0) is 119 Å². The van der Waals surface area contributed by atoms with Gasteiger partial charge in [0, 0.05) is 24.9 Å². The van der Waals surface area contributed by atoms with Gasteiger partial charge >= 0.3 is 6.09 Å². The largest absolute Gasteiger partial charge is 0.415 e. The molecule has 0 radical (unpaired) electrons. The zero-order valence-corrected chi connectivity index (χ0v) is 31.8. The van der Waals surface area contributed by atoms with Crippen molar-refractivity contribution < 1.29 is 19.1 Å². The summed E-state index contributed by atoms with van der Waals surface area (Å²) in [6.45, 7) is 4.52. The van der Waals surface area contributed by atoms with Crippen LogP contribution in [0.5, 0.6) is 0 Å². The molecule has 284 valence electrons. The van der Waals surface area contributed by atoms with E-state index in [1.807, 2.05) is 37.1 Å². The number of carbonyl (C=O) groups is 2. The number of hydrogen-bond donors (Lipinski definition) is 3. The Kier molecular flexibility index (Phi) is 7.88. The third-order valence-electron chi connectivity index (χ3n) is 13.4. The highest BCUT2D eigenvalue weighted by Gasteiger charge is 2.48. The van der Waals surface area contributed by atoms with Crippen LogP contribution in [-0.4, -0.2) is 49.4 Å². The smallest absolute Gasteiger partial charge is 0.412 e. The Hall–Kier alpha value is -5.48. The minimum Gasteiger partial charge on any atom is -0.415 e. The van der Waals surface area contributed by atoms with E-state index in [4.69, 9.17) is 14.5 Å². The molecule has 2 amide bonds. The number of rotatable bonds is 8. The molecule has 6 atom stereocenters. The summed E-state index contributed by atoms with van der Waals surface area (Å²) in [6.07, 6.45) is 16.9. The zero-order chi connectivity index (χ0) is 37.7. The van der Waals surface area contributed by atoms with Gasteiger partial charge in [0.2, 0.25) is 5.91 Å². The first-order valence-electron chi connectivity index (χ1n) is 20.5. The second-order valence-corrected chi connectivity index (χ2v) is 16.9. The van der Waals surface area contributed by atoms with Crippen LogP contribution in [0.3, 0.4) is 0 Å². The van der Waals surface area contributed by atoms with Gasteiger partial charge in [0.05, 0.1) is 47.5 Å². The van der Waals surface area contributed by atoms with Crippen LogP contribution in [0.1, 0.15) is 123 Å². The summed E-state index contributed by atoms with van der Waals surface area (Å²) in [5.41, 5.74) is 15.1. The first-order chi connectivity index (χ1) is 27.4. The molecule has 4 bridgehead atoms. The van der Waals surface area contributed by atoms with E-state index in [9.17, 15) is 9.59 Å². The number of amides is 2. The number of benzene rings is 3. The van der Waals surface area contributed by atoms with E-state index in [2.05, 4.69) is 62.7 Å². The van der Waals surface area contributed by atoms with Crippen LogP contribution in [0, 0.1) is 5.92 Å². The Morgan fingerprint density at radius 2 is 1.66 bits per heavy atom. The van der Waals surface area contributed by atoms with Crippen molar-refractivity contribution in [1.82, 2.24) is 30.2 Å². The Morgan fingerprint density at radius 1 is 0.911 bits per heavy atom. The van der Waals surface area contributed by atoms with E-state index in [0.29, 0.717) is 30.6 Å². The number of ether oxygens (including phenoxy) is 2. The van der Waals surface area contributed by atoms with Gasteiger partial charge in [-0.15, -0.1) is 0 Å². The number of allylic oxidation sites excluding steroid dienone is 4. The summed E-state index contributed by atoms with van der Waals surface area (Å²) in [6, 6.07) is 15.0. The first-order valence-corrected chi connectivity index (χ1v) is 20.5. The summed E-state index contributed by atoms with van der Waals surface area (Å²) in [5, 5.41) is 2.88. The summed E-state index contributed by atoms with van der Waals surface area (Å²) in [5.74, 6) is 2.35. The van der Waals surface area contributed by atoms with Crippen LogP contribution in [0.25, 0.3) is 44.5 Å². The molecule has 5 aromatic rings. The Morgan fingerprint density at radius 3 is 2.45 bits per heavy atom. The molecule has 5 heterocycles. The second kappa shape index (κ2) is 13.0. The predicted octanol–water partition coefficient (Wildman–Crippen LogP) is 9.82. The second-order valence-electron chi connectivity index (χ2n) is 16.9. The number of likely N-dealkylation sites (tertiary alicyclic amines) is 1. The summed E-state index contributed by atoms with van der Waals surface area (Å²) in [4.78, 5) is 45.2. The number of aromatic nitrogens is 4. The average molecular weight is 747 g/mol. The van der Waals surface area contributed by atoms with E-state index in [-0.39, 0.29) is 30.1 Å². The molecule has 1 saturated carbocycles. The Bertz CT molecular complexity index is 2490. The fourth-order valence-electron chi connectivity index (χ4n) is 10.8. The van der Waals surface area contributed by atoms with Crippen LogP contribution in [0.4, 0.5) is 4.79 Å². The molecule has 3 fully saturated rings. The highest BCUT2D eigenvalue weighted by atomic mass is 16.6. The van der Waals surface area contributed by atoms with Crippen molar-refractivity contribution in [2.45, 2.75) is 101 Å². The minimum atomic E-state index is -0.706. The van der Waals surface area contributed by atoms with Crippen molar-refractivity contribution in [2.75, 3.05) is 6.54 Å². The molecular weight excluding hydrogens is 701 g/mol.